The Morgan fingerprint density at radius 1 is 0.703 bits per heavy atom. The molecule has 37 heavy (non-hydrogen) atoms. The molecule has 0 aliphatic carbocycles. The van der Waals surface area contributed by atoms with E-state index in [4.69, 9.17) is 23.7 Å². The number of ether oxygens (including phenoxy) is 5. The molecule has 0 spiro atoms. The average molecular weight is 501 g/mol. The lowest BCUT2D eigenvalue weighted by molar-refractivity contribution is -0.286. The Labute approximate surface area is 220 Å². The summed E-state index contributed by atoms with van der Waals surface area (Å²) in [6.07, 6.45) is 2.44. The Hall–Kier alpha value is -2.80. The van der Waals surface area contributed by atoms with Crippen molar-refractivity contribution in [3.8, 4) is 0 Å². The van der Waals surface area contributed by atoms with E-state index < -0.39 is 0 Å². The fourth-order valence-corrected chi connectivity index (χ4v) is 5.18. The zero-order valence-electron chi connectivity index (χ0n) is 21.2. The van der Waals surface area contributed by atoms with Crippen molar-refractivity contribution >= 4 is 0 Å². The lowest BCUT2D eigenvalue weighted by Gasteiger charge is -2.43. The highest BCUT2D eigenvalue weighted by Gasteiger charge is 2.52. The van der Waals surface area contributed by atoms with Gasteiger partial charge in [-0.25, -0.2) is 0 Å². The first-order valence-corrected chi connectivity index (χ1v) is 13.1. The molecule has 2 heterocycles. The van der Waals surface area contributed by atoms with Gasteiger partial charge in [-0.1, -0.05) is 97.1 Å². The molecule has 0 saturated carbocycles. The normalized spacial score (nSPS) is 27.0. The number of hydrogen-bond donors (Lipinski definition) is 0. The molecule has 0 N–H and O–H groups in total. The Balaban J connectivity index is 1.35. The van der Waals surface area contributed by atoms with Gasteiger partial charge in [0.15, 0.2) is 6.29 Å². The summed E-state index contributed by atoms with van der Waals surface area (Å²) in [5, 5.41) is 0. The molecule has 5 nitrogen and oxygen atoms in total. The minimum Gasteiger partial charge on any atom is -0.374 e. The fraction of sp³-hybridized carbons (Fsp3) is 0.375. The van der Waals surface area contributed by atoms with Gasteiger partial charge < -0.3 is 23.7 Å². The first kappa shape index (κ1) is 25.8. The van der Waals surface area contributed by atoms with Crippen molar-refractivity contribution in [2.24, 2.45) is 5.92 Å². The number of fused-ring (bicyclic) bond motifs is 1. The summed E-state index contributed by atoms with van der Waals surface area (Å²) in [7, 11) is 0. The van der Waals surface area contributed by atoms with E-state index >= 15 is 0 Å². The summed E-state index contributed by atoms with van der Waals surface area (Å²) in [6, 6.07) is 30.7. The van der Waals surface area contributed by atoms with Gasteiger partial charge in [-0.2, -0.15) is 0 Å². The minimum absolute atomic E-state index is 0.0640. The van der Waals surface area contributed by atoms with Gasteiger partial charge in [-0.3, -0.25) is 0 Å². The molecule has 2 fully saturated rings. The third-order valence-corrected chi connectivity index (χ3v) is 7.03. The van der Waals surface area contributed by atoms with Gasteiger partial charge >= 0.3 is 0 Å². The summed E-state index contributed by atoms with van der Waals surface area (Å²) in [4.78, 5) is 0. The van der Waals surface area contributed by atoms with Crippen LogP contribution in [0.2, 0.25) is 0 Å². The monoisotopic (exact) mass is 500 g/mol. The number of hydrogen-bond acceptors (Lipinski definition) is 5. The van der Waals surface area contributed by atoms with Crippen molar-refractivity contribution in [2.45, 2.75) is 63.4 Å². The van der Waals surface area contributed by atoms with Crippen molar-refractivity contribution in [3.05, 3.63) is 120 Å². The predicted molar refractivity (Wildman–Crippen MR) is 143 cm³/mol. The Kier molecular flexibility index (Phi) is 9.17. The molecule has 0 radical (unpaired) electrons. The second-order valence-corrected chi connectivity index (χ2v) is 9.75. The van der Waals surface area contributed by atoms with Crippen LogP contribution in [0.15, 0.2) is 104 Å². The summed E-state index contributed by atoms with van der Waals surface area (Å²) in [5.41, 5.74) is 3.37. The highest BCUT2D eigenvalue weighted by atomic mass is 16.7. The first-order valence-electron chi connectivity index (χ1n) is 13.1. The van der Waals surface area contributed by atoms with E-state index in [1.54, 1.807) is 0 Å². The lowest BCUT2D eigenvalue weighted by atomic mass is 9.88. The molecular formula is C32H36O5. The van der Waals surface area contributed by atoms with Crippen molar-refractivity contribution in [2.75, 3.05) is 6.61 Å². The van der Waals surface area contributed by atoms with Crippen LogP contribution in [-0.2, 0) is 43.5 Å². The van der Waals surface area contributed by atoms with E-state index in [-0.39, 0.29) is 36.6 Å². The standard InChI is InChI=1S/C32H36O5/c1-2-12-27-19-28-30(34-21-25-15-8-4-9-16-25)31(35-22-26-17-10-5-11-18-26)29(37-32(28)36-27)23-33-20-24-13-6-3-7-14-24/h2-11,13-18,27-32H,1,12,19-23H2/t27-,28+,29+,30+,31+,32-/m0/s1. The predicted octanol–water partition coefficient (Wildman–Crippen LogP) is 6.08. The number of rotatable bonds is 12. The molecule has 0 aromatic heterocycles. The third kappa shape index (κ3) is 6.95. The zero-order valence-corrected chi connectivity index (χ0v) is 21.2. The molecule has 0 bridgehead atoms. The van der Waals surface area contributed by atoms with Crippen LogP contribution in [-0.4, -0.2) is 37.3 Å². The Morgan fingerprint density at radius 2 is 1.24 bits per heavy atom. The Bertz CT molecular complexity index is 1070. The number of benzene rings is 3. The van der Waals surface area contributed by atoms with Crippen molar-refractivity contribution < 1.29 is 23.7 Å². The summed E-state index contributed by atoms with van der Waals surface area (Å²) < 4.78 is 32.2. The maximum Gasteiger partial charge on any atom is 0.164 e. The molecule has 3 aromatic carbocycles. The largest absolute Gasteiger partial charge is 0.374 e. The van der Waals surface area contributed by atoms with E-state index in [2.05, 4.69) is 43.0 Å². The molecule has 2 saturated heterocycles. The molecule has 5 heteroatoms. The molecule has 0 amide bonds. The van der Waals surface area contributed by atoms with E-state index in [0.29, 0.717) is 26.4 Å². The fourth-order valence-electron chi connectivity index (χ4n) is 5.18. The van der Waals surface area contributed by atoms with Gasteiger partial charge in [-0.15, -0.1) is 6.58 Å². The van der Waals surface area contributed by atoms with Crippen LogP contribution in [0, 0.1) is 5.92 Å². The molecule has 2 aliphatic rings. The van der Waals surface area contributed by atoms with E-state index in [0.717, 1.165) is 29.5 Å². The van der Waals surface area contributed by atoms with Gasteiger partial charge in [0, 0.05) is 5.92 Å². The van der Waals surface area contributed by atoms with Gasteiger partial charge in [-0.05, 0) is 29.5 Å². The molecule has 3 aromatic rings. The lowest BCUT2D eigenvalue weighted by Crippen LogP contribution is -2.56. The maximum atomic E-state index is 6.64. The third-order valence-electron chi connectivity index (χ3n) is 7.03. The molecular weight excluding hydrogens is 464 g/mol. The summed E-state index contributed by atoms with van der Waals surface area (Å²) in [6.45, 7) is 5.78. The summed E-state index contributed by atoms with van der Waals surface area (Å²) >= 11 is 0. The van der Waals surface area contributed by atoms with Gasteiger partial charge in [0.1, 0.15) is 12.2 Å². The van der Waals surface area contributed by atoms with Crippen molar-refractivity contribution in [1.29, 1.82) is 0 Å². The van der Waals surface area contributed by atoms with Gasteiger partial charge in [0.25, 0.3) is 0 Å². The topological polar surface area (TPSA) is 46.2 Å². The van der Waals surface area contributed by atoms with E-state index in [1.165, 1.54) is 0 Å². The molecule has 0 unspecified atom stereocenters. The van der Waals surface area contributed by atoms with Crippen LogP contribution in [0.4, 0.5) is 0 Å². The zero-order chi connectivity index (χ0) is 25.3. The van der Waals surface area contributed by atoms with Crippen molar-refractivity contribution in [1.82, 2.24) is 0 Å². The second kappa shape index (κ2) is 13.1. The highest BCUT2D eigenvalue weighted by Crippen LogP contribution is 2.41. The van der Waals surface area contributed by atoms with Gasteiger partial charge in [0.05, 0.1) is 38.6 Å². The Morgan fingerprint density at radius 3 is 1.81 bits per heavy atom. The maximum absolute atomic E-state index is 6.64. The smallest absolute Gasteiger partial charge is 0.164 e. The quantitative estimate of drug-likeness (QED) is 0.282. The minimum atomic E-state index is -0.354. The molecule has 2 aliphatic heterocycles. The van der Waals surface area contributed by atoms with E-state index in [1.807, 2.05) is 60.7 Å². The van der Waals surface area contributed by atoms with Gasteiger partial charge in [0.2, 0.25) is 0 Å². The summed E-state index contributed by atoms with van der Waals surface area (Å²) in [5.74, 6) is 0.0693. The van der Waals surface area contributed by atoms with Crippen LogP contribution < -0.4 is 0 Å². The molecule has 194 valence electrons. The van der Waals surface area contributed by atoms with Crippen LogP contribution in [0.3, 0.4) is 0 Å². The van der Waals surface area contributed by atoms with E-state index in [9.17, 15) is 0 Å². The average Bonchev–Trinajstić information content (AvgIpc) is 3.35. The van der Waals surface area contributed by atoms with Crippen LogP contribution in [0.1, 0.15) is 29.5 Å². The van der Waals surface area contributed by atoms with Crippen LogP contribution in [0.25, 0.3) is 0 Å². The van der Waals surface area contributed by atoms with Crippen molar-refractivity contribution in [3.63, 3.8) is 0 Å². The second-order valence-electron chi connectivity index (χ2n) is 9.75. The first-order chi connectivity index (χ1) is 18.3. The highest BCUT2D eigenvalue weighted by molar-refractivity contribution is 5.15. The van der Waals surface area contributed by atoms with Crippen LogP contribution in [0.5, 0.6) is 0 Å². The molecule has 6 atom stereocenters. The van der Waals surface area contributed by atoms with Crippen LogP contribution >= 0.6 is 0 Å². The SMILES string of the molecule is C=CC[C@H]1C[C@H]2[C@@H](O1)O[C@H](COCc1ccccc1)[C@@H](OCc1ccccc1)[C@@H]2OCc1ccccc1. The molecule has 5 rings (SSSR count).